The maximum Gasteiger partial charge on any atom is 0.226 e. The number of hydrogen-bond acceptors (Lipinski definition) is 6. The van der Waals surface area contributed by atoms with Crippen LogP contribution in [0.3, 0.4) is 0 Å². The third-order valence-corrected chi connectivity index (χ3v) is 4.47. The molecule has 0 saturated carbocycles. The molecule has 1 aliphatic rings. The van der Waals surface area contributed by atoms with Crippen LogP contribution < -0.4 is 0 Å². The minimum atomic E-state index is 0.557. The van der Waals surface area contributed by atoms with E-state index in [0.29, 0.717) is 6.04 Å². The molecule has 7 heteroatoms. The lowest BCUT2D eigenvalue weighted by Gasteiger charge is -2.37. The van der Waals surface area contributed by atoms with Crippen molar-refractivity contribution < 1.29 is 4.52 Å². The van der Waals surface area contributed by atoms with Crippen molar-refractivity contribution in [1.82, 2.24) is 29.7 Å². The van der Waals surface area contributed by atoms with Crippen LogP contribution in [-0.4, -0.2) is 55.9 Å². The average Bonchev–Trinajstić information content (AvgIpc) is 3.16. The van der Waals surface area contributed by atoms with Crippen molar-refractivity contribution in [3.8, 4) is 0 Å². The first kappa shape index (κ1) is 16.1. The Balaban J connectivity index is 1.54. The normalized spacial score (nSPS) is 19.6. The molecule has 0 amide bonds. The van der Waals surface area contributed by atoms with E-state index < -0.39 is 0 Å². The number of aromatic nitrogens is 4. The molecule has 1 fully saturated rings. The number of aryl methyl sites for hydroxylation is 2. The fraction of sp³-hybridized carbons (Fsp3) is 0.688. The summed E-state index contributed by atoms with van der Waals surface area (Å²) in [6, 6.07) is 0.557. The maximum atomic E-state index is 5.20. The number of rotatable bonds is 6. The molecular weight excluding hydrogens is 292 g/mol. The van der Waals surface area contributed by atoms with Crippen molar-refractivity contribution in [3.05, 3.63) is 29.7 Å². The minimum Gasteiger partial charge on any atom is -0.339 e. The van der Waals surface area contributed by atoms with Gasteiger partial charge in [-0.25, -0.2) is 0 Å². The van der Waals surface area contributed by atoms with Gasteiger partial charge in [-0.3, -0.25) is 14.5 Å². The van der Waals surface area contributed by atoms with Crippen LogP contribution in [-0.2, 0) is 26.6 Å². The molecule has 3 heterocycles. The average molecular weight is 318 g/mol. The molecule has 2 aromatic rings. The number of nitrogens with zero attached hydrogens (tertiary/aromatic N) is 6. The Hall–Kier alpha value is -1.73. The molecule has 0 aliphatic carbocycles. The van der Waals surface area contributed by atoms with Crippen LogP contribution in [0.25, 0.3) is 0 Å². The highest BCUT2D eigenvalue weighted by Gasteiger charge is 2.24. The smallest absolute Gasteiger partial charge is 0.226 e. The summed E-state index contributed by atoms with van der Waals surface area (Å²) in [6.07, 6.45) is 7.27. The van der Waals surface area contributed by atoms with Gasteiger partial charge in [0.05, 0.1) is 12.7 Å². The molecule has 1 unspecified atom stereocenters. The van der Waals surface area contributed by atoms with E-state index in [4.69, 9.17) is 4.52 Å². The van der Waals surface area contributed by atoms with Gasteiger partial charge in [-0.1, -0.05) is 12.1 Å². The Morgan fingerprint density at radius 3 is 3.00 bits per heavy atom. The Morgan fingerprint density at radius 2 is 2.30 bits per heavy atom. The Labute approximate surface area is 137 Å². The van der Waals surface area contributed by atoms with Crippen LogP contribution in [0.5, 0.6) is 0 Å². The van der Waals surface area contributed by atoms with Gasteiger partial charge in [-0.2, -0.15) is 10.1 Å². The molecule has 0 bridgehead atoms. The SMILES string of the molecule is CCc1nc(CN2CCCC(N(C)Cc3cnn(C)c3)C2)no1. The van der Waals surface area contributed by atoms with E-state index in [0.717, 1.165) is 44.3 Å². The Bertz CT molecular complexity index is 622. The van der Waals surface area contributed by atoms with Crippen molar-refractivity contribution in [2.75, 3.05) is 20.1 Å². The summed E-state index contributed by atoms with van der Waals surface area (Å²) in [7, 11) is 4.16. The molecular formula is C16H26N6O. The van der Waals surface area contributed by atoms with E-state index in [1.165, 1.54) is 18.4 Å². The van der Waals surface area contributed by atoms with Gasteiger partial charge >= 0.3 is 0 Å². The first-order chi connectivity index (χ1) is 11.1. The lowest BCUT2D eigenvalue weighted by atomic mass is 10.0. The van der Waals surface area contributed by atoms with E-state index in [1.54, 1.807) is 0 Å². The summed E-state index contributed by atoms with van der Waals surface area (Å²) in [6.45, 7) is 5.90. The van der Waals surface area contributed by atoms with Gasteiger partial charge < -0.3 is 4.52 Å². The molecule has 1 atom stereocenters. The van der Waals surface area contributed by atoms with E-state index >= 15 is 0 Å². The molecule has 0 N–H and O–H groups in total. The van der Waals surface area contributed by atoms with E-state index in [-0.39, 0.29) is 0 Å². The lowest BCUT2D eigenvalue weighted by molar-refractivity contribution is 0.105. The van der Waals surface area contributed by atoms with Crippen molar-refractivity contribution in [3.63, 3.8) is 0 Å². The van der Waals surface area contributed by atoms with Gasteiger partial charge in [0.15, 0.2) is 5.82 Å². The number of likely N-dealkylation sites (tertiary alicyclic amines) is 1. The zero-order chi connectivity index (χ0) is 16.2. The minimum absolute atomic E-state index is 0.557. The highest BCUT2D eigenvalue weighted by molar-refractivity contribution is 5.03. The first-order valence-electron chi connectivity index (χ1n) is 8.35. The van der Waals surface area contributed by atoms with Crippen LogP contribution in [0.2, 0.25) is 0 Å². The summed E-state index contributed by atoms with van der Waals surface area (Å²) in [5.41, 5.74) is 1.26. The predicted octanol–water partition coefficient (Wildman–Crippen LogP) is 1.46. The fourth-order valence-electron chi connectivity index (χ4n) is 3.20. The quantitative estimate of drug-likeness (QED) is 0.803. The summed E-state index contributed by atoms with van der Waals surface area (Å²) < 4.78 is 7.06. The van der Waals surface area contributed by atoms with Crippen LogP contribution >= 0.6 is 0 Å². The lowest BCUT2D eigenvalue weighted by Crippen LogP contribution is -2.45. The second kappa shape index (κ2) is 7.23. The van der Waals surface area contributed by atoms with E-state index in [1.807, 2.05) is 24.9 Å². The third kappa shape index (κ3) is 4.17. The predicted molar refractivity (Wildman–Crippen MR) is 86.7 cm³/mol. The highest BCUT2D eigenvalue weighted by atomic mass is 16.5. The molecule has 7 nitrogen and oxygen atoms in total. The van der Waals surface area contributed by atoms with Gasteiger partial charge in [0.25, 0.3) is 0 Å². The van der Waals surface area contributed by atoms with Crippen molar-refractivity contribution in [2.45, 2.75) is 45.3 Å². The second-order valence-electron chi connectivity index (χ2n) is 6.43. The highest BCUT2D eigenvalue weighted by Crippen LogP contribution is 2.18. The molecule has 2 aromatic heterocycles. The third-order valence-electron chi connectivity index (χ3n) is 4.47. The molecule has 23 heavy (non-hydrogen) atoms. The summed E-state index contributed by atoms with van der Waals surface area (Å²) in [4.78, 5) is 9.28. The first-order valence-corrected chi connectivity index (χ1v) is 8.35. The van der Waals surface area contributed by atoms with Crippen molar-refractivity contribution in [2.24, 2.45) is 7.05 Å². The summed E-state index contributed by atoms with van der Waals surface area (Å²) >= 11 is 0. The molecule has 3 rings (SSSR count). The number of piperidine rings is 1. The monoisotopic (exact) mass is 318 g/mol. The summed E-state index contributed by atoms with van der Waals surface area (Å²) in [5, 5.41) is 8.32. The van der Waals surface area contributed by atoms with E-state index in [9.17, 15) is 0 Å². The second-order valence-corrected chi connectivity index (χ2v) is 6.43. The standard InChI is InChI=1S/C16H26N6O/c1-4-16-18-15(19-23-16)12-22-7-5-6-14(11-22)20(2)9-13-8-17-21(3)10-13/h8,10,14H,4-7,9,11-12H2,1-3H3. The van der Waals surface area contributed by atoms with Crippen LogP contribution in [0, 0.1) is 0 Å². The zero-order valence-corrected chi connectivity index (χ0v) is 14.3. The summed E-state index contributed by atoms with van der Waals surface area (Å²) in [5.74, 6) is 1.53. The van der Waals surface area contributed by atoms with Gasteiger partial charge in [0, 0.05) is 44.4 Å². The van der Waals surface area contributed by atoms with Crippen LogP contribution in [0.4, 0.5) is 0 Å². The molecule has 0 spiro atoms. The van der Waals surface area contributed by atoms with Crippen LogP contribution in [0.1, 0.15) is 37.0 Å². The largest absolute Gasteiger partial charge is 0.339 e. The zero-order valence-electron chi connectivity index (χ0n) is 14.3. The molecule has 1 saturated heterocycles. The molecule has 126 valence electrons. The van der Waals surface area contributed by atoms with Crippen LogP contribution in [0.15, 0.2) is 16.9 Å². The Morgan fingerprint density at radius 1 is 1.43 bits per heavy atom. The van der Waals surface area contributed by atoms with Gasteiger partial charge in [-0.15, -0.1) is 0 Å². The molecule has 0 radical (unpaired) electrons. The fourth-order valence-corrected chi connectivity index (χ4v) is 3.20. The van der Waals surface area contributed by atoms with Gasteiger partial charge in [-0.05, 0) is 26.4 Å². The Kier molecular flexibility index (Phi) is 5.07. The van der Waals surface area contributed by atoms with Crippen molar-refractivity contribution in [1.29, 1.82) is 0 Å². The van der Waals surface area contributed by atoms with Gasteiger partial charge in [0.2, 0.25) is 5.89 Å². The number of likely N-dealkylation sites (N-methyl/N-ethyl adjacent to an activating group) is 1. The van der Waals surface area contributed by atoms with Crippen molar-refractivity contribution >= 4 is 0 Å². The molecule has 1 aliphatic heterocycles. The maximum absolute atomic E-state index is 5.20. The molecule has 0 aromatic carbocycles. The number of hydrogen-bond donors (Lipinski definition) is 0. The van der Waals surface area contributed by atoms with Gasteiger partial charge in [0.1, 0.15) is 0 Å². The van der Waals surface area contributed by atoms with E-state index in [2.05, 4.69) is 38.3 Å². The topological polar surface area (TPSA) is 63.2 Å².